The van der Waals surface area contributed by atoms with Gasteiger partial charge in [-0.3, -0.25) is 4.79 Å². The van der Waals surface area contributed by atoms with Crippen LogP contribution < -0.4 is 10.1 Å². The van der Waals surface area contributed by atoms with Crippen molar-refractivity contribution >= 4 is 18.0 Å². The van der Waals surface area contributed by atoms with E-state index in [1.165, 1.54) is 0 Å². The van der Waals surface area contributed by atoms with Gasteiger partial charge in [-0.25, -0.2) is 9.78 Å². The van der Waals surface area contributed by atoms with E-state index in [9.17, 15) is 14.7 Å². The summed E-state index contributed by atoms with van der Waals surface area (Å²) in [6, 6.07) is 1.25. The summed E-state index contributed by atoms with van der Waals surface area (Å²) >= 11 is 0. The number of aromatic nitrogens is 1. The second kappa shape index (κ2) is 11.0. The second-order valence-electron chi connectivity index (χ2n) is 7.86. The summed E-state index contributed by atoms with van der Waals surface area (Å²) < 4.78 is 6.17. The minimum absolute atomic E-state index is 0.0745. The number of rotatable bonds is 7. The van der Waals surface area contributed by atoms with Crippen molar-refractivity contribution in [3.8, 4) is 5.88 Å². The Hall–Kier alpha value is -2.61. The van der Waals surface area contributed by atoms with Crippen LogP contribution in [0.2, 0.25) is 0 Å². The Morgan fingerprint density at radius 2 is 2.27 bits per heavy atom. The molecule has 1 aromatic rings. The Kier molecular flexibility index (Phi) is 8.65. The van der Waals surface area contributed by atoms with Crippen molar-refractivity contribution < 1.29 is 19.4 Å². The van der Waals surface area contributed by atoms with E-state index in [1.54, 1.807) is 29.1 Å². The molecule has 3 atom stereocenters. The first kappa shape index (κ1) is 23.7. The number of carbonyl (C=O) groups is 2. The van der Waals surface area contributed by atoms with Gasteiger partial charge in [0.05, 0.1) is 19.2 Å². The zero-order chi connectivity index (χ0) is 22.3. The van der Waals surface area contributed by atoms with Crippen LogP contribution in [0.5, 0.6) is 5.88 Å². The van der Waals surface area contributed by atoms with Crippen LogP contribution in [0.15, 0.2) is 18.3 Å². The number of ether oxygens (including phenoxy) is 1. The van der Waals surface area contributed by atoms with E-state index in [-0.39, 0.29) is 42.5 Å². The molecule has 1 aliphatic heterocycles. The van der Waals surface area contributed by atoms with Gasteiger partial charge in [0.2, 0.25) is 5.88 Å². The fraction of sp³-hybridized carbons (Fsp3) is 0.591. The Labute approximate surface area is 178 Å². The first-order valence-electron chi connectivity index (χ1n) is 10.5. The summed E-state index contributed by atoms with van der Waals surface area (Å²) in [5.74, 6) is -0.0402. The number of likely N-dealkylation sites (N-methyl/N-ethyl adjacent to an activating group) is 1. The molecule has 0 saturated heterocycles. The third-order valence-electron chi connectivity index (χ3n) is 5.23. The van der Waals surface area contributed by atoms with E-state index in [1.807, 2.05) is 39.8 Å². The average molecular weight is 419 g/mol. The highest BCUT2D eigenvalue weighted by atomic mass is 16.5. The van der Waals surface area contributed by atoms with Crippen molar-refractivity contribution in [2.24, 2.45) is 5.92 Å². The number of hydrogen-bond donors (Lipinski definition) is 2. The molecule has 0 bridgehead atoms. The SMILES string of the molecule is C/C=C/c1cnc2c(c1)C(=O)N([C@@H](C)CO)C[C@H](C)[C@H](CN(C)C(=O)NCCC)O2. The number of fused-ring (bicyclic) bond motifs is 1. The van der Waals surface area contributed by atoms with Gasteiger partial charge in [-0.2, -0.15) is 0 Å². The maximum atomic E-state index is 13.2. The van der Waals surface area contributed by atoms with Gasteiger partial charge in [0.15, 0.2) is 0 Å². The fourth-order valence-corrected chi connectivity index (χ4v) is 3.34. The molecule has 30 heavy (non-hydrogen) atoms. The summed E-state index contributed by atoms with van der Waals surface area (Å²) in [4.78, 5) is 33.2. The number of carbonyl (C=O) groups excluding carboxylic acids is 2. The van der Waals surface area contributed by atoms with Gasteiger partial charge in [-0.15, -0.1) is 0 Å². The molecule has 0 spiro atoms. The summed E-state index contributed by atoms with van der Waals surface area (Å²) in [5.41, 5.74) is 1.16. The minimum atomic E-state index is -0.359. The van der Waals surface area contributed by atoms with Crippen molar-refractivity contribution in [1.29, 1.82) is 0 Å². The van der Waals surface area contributed by atoms with Gasteiger partial charge in [0, 0.05) is 32.3 Å². The molecule has 0 fully saturated rings. The molecule has 3 amide bonds. The molecule has 0 aromatic carbocycles. The van der Waals surface area contributed by atoms with Crippen LogP contribution in [0.3, 0.4) is 0 Å². The lowest BCUT2D eigenvalue weighted by Crippen LogP contribution is -2.51. The lowest BCUT2D eigenvalue weighted by atomic mass is 10.00. The van der Waals surface area contributed by atoms with Crippen LogP contribution >= 0.6 is 0 Å². The first-order chi connectivity index (χ1) is 14.3. The zero-order valence-corrected chi connectivity index (χ0v) is 18.6. The van der Waals surface area contributed by atoms with Crippen molar-refractivity contribution in [2.45, 2.75) is 46.3 Å². The highest BCUT2D eigenvalue weighted by Gasteiger charge is 2.34. The van der Waals surface area contributed by atoms with Crippen LogP contribution in [0.25, 0.3) is 6.08 Å². The standard InChI is InChI=1S/C22H34N4O4/c1-6-8-17-10-18-20(24-11-17)30-19(13-25(5)22(29)23-9-7-2)15(3)12-26(21(18)28)16(4)14-27/h6,8,10-11,15-16,19,27H,7,9,12-14H2,1-5H3,(H,23,29)/b8-6+/t15-,16-,19-/m0/s1. The van der Waals surface area contributed by atoms with Crippen LogP contribution in [-0.2, 0) is 0 Å². The lowest BCUT2D eigenvalue weighted by molar-refractivity contribution is 0.0352. The van der Waals surface area contributed by atoms with E-state index in [4.69, 9.17) is 4.74 Å². The number of nitrogens with one attached hydrogen (secondary N) is 1. The normalized spacial score (nSPS) is 20.2. The number of pyridine rings is 1. The van der Waals surface area contributed by atoms with Gasteiger partial charge in [0.25, 0.3) is 5.91 Å². The van der Waals surface area contributed by atoms with Gasteiger partial charge in [-0.05, 0) is 31.9 Å². The highest BCUT2D eigenvalue weighted by Crippen LogP contribution is 2.27. The Morgan fingerprint density at radius 1 is 1.53 bits per heavy atom. The smallest absolute Gasteiger partial charge is 0.317 e. The van der Waals surface area contributed by atoms with Crippen LogP contribution in [-0.4, -0.2) is 77.3 Å². The molecule has 8 nitrogen and oxygen atoms in total. The predicted molar refractivity (Wildman–Crippen MR) is 116 cm³/mol. The molecule has 0 saturated carbocycles. The lowest BCUT2D eigenvalue weighted by Gasteiger charge is -2.37. The van der Waals surface area contributed by atoms with Crippen molar-refractivity contribution in [1.82, 2.24) is 20.1 Å². The number of nitrogens with zero attached hydrogens (tertiary/aromatic N) is 3. The van der Waals surface area contributed by atoms with E-state index < -0.39 is 0 Å². The van der Waals surface area contributed by atoms with Crippen LogP contribution in [0, 0.1) is 5.92 Å². The molecule has 0 radical (unpaired) electrons. The topological polar surface area (TPSA) is 95.0 Å². The van der Waals surface area contributed by atoms with Crippen LogP contribution in [0.1, 0.15) is 50.0 Å². The van der Waals surface area contributed by atoms with Crippen molar-refractivity contribution in [2.75, 3.05) is 33.3 Å². The number of urea groups is 1. The summed E-state index contributed by atoms with van der Waals surface area (Å²) in [6.07, 6.45) is 5.90. The third-order valence-corrected chi connectivity index (χ3v) is 5.23. The minimum Gasteiger partial charge on any atom is -0.472 e. The predicted octanol–water partition coefficient (Wildman–Crippen LogP) is 2.39. The molecule has 2 N–H and O–H groups in total. The molecular formula is C22H34N4O4. The summed E-state index contributed by atoms with van der Waals surface area (Å²) in [6.45, 7) is 8.92. The summed E-state index contributed by atoms with van der Waals surface area (Å²) in [7, 11) is 1.72. The third kappa shape index (κ3) is 5.72. The van der Waals surface area contributed by atoms with E-state index in [0.29, 0.717) is 25.2 Å². The maximum absolute atomic E-state index is 13.2. The zero-order valence-electron chi connectivity index (χ0n) is 18.6. The Morgan fingerprint density at radius 3 is 2.90 bits per heavy atom. The Bertz CT molecular complexity index is 768. The highest BCUT2D eigenvalue weighted by molar-refractivity contribution is 5.97. The molecule has 0 aliphatic carbocycles. The van der Waals surface area contributed by atoms with Crippen molar-refractivity contribution in [3.63, 3.8) is 0 Å². The fourth-order valence-electron chi connectivity index (χ4n) is 3.34. The van der Waals surface area contributed by atoms with Gasteiger partial charge >= 0.3 is 6.03 Å². The van der Waals surface area contributed by atoms with E-state index in [2.05, 4.69) is 10.3 Å². The van der Waals surface area contributed by atoms with Gasteiger partial charge in [0.1, 0.15) is 11.7 Å². The van der Waals surface area contributed by atoms with E-state index in [0.717, 1.165) is 12.0 Å². The second-order valence-corrected chi connectivity index (χ2v) is 7.86. The largest absolute Gasteiger partial charge is 0.472 e. The van der Waals surface area contributed by atoms with Gasteiger partial charge < -0.3 is 25.0 Å². The summed E-state index contributed by atoms with van der Waals surface area (Å²) in [5, 5.41) is 12.6. The molecule has 8 heteroatoms. The average Bonchev–Trinajstić information content (AvgIpc) is 2.74. The molecule has 2 heterocycles. The molecule has 166 valence electrons. The number of amides is 3. The first-order valence-corrected chi connectivity index (χ1v) is 10.5. The number of aliphatic hydroxyl groups is 1. The van der Waals surface area contributed by atoms with Crippen LogP contribution in [0.4, 0.5) is 4.79 Å². The molecule has 0 unspecified atom stereocenters. The quantitative estimate of drug-likeness (QED) is 0.709. The Balaban J connectivity index is 2.37. The molecular weight excluding hydrogens is 384 g/mol. The van der Waals surface area contributed by atoms with E-state index >= 15 is 0 Å². The maximum Gasteiger partial charge on any atom is 0.317 e. The van der Waals surface area contributed by atoms with Gasteiger partial charge in [-0.1, -0.05) is 26.0 Å². The van der Waals surface area contributed by atoms with Crippen molar-refractivity contribution in [3.05, 3.63) is 29.5 Å². The molecule has 1 aliphatic rings. The number of aliphatic hydroxyl groups excluding tert-OH is 1. The molecule has 1 aromatic heterocycles. The molecule has 2 rings (SSSR count). The monoisotopic (exact) mass is 418 g/mol. The number of allylic oxidation sites excluding steroid dienone is 1. The number of hydrogen-bond acceptors (Lipinski definition) is 5.